The Morgan fingerprint density at radius 3 is 2.72 bits per heavy atom. The average molecular weight is 251 g/mol. The van der Waals surface area contributed by atoms with Crippen LogP contribution in [0.5, 0.6) is 0 Å². The van der Waals surface area contributed by atoms with Crippen LogP contribution in [0.3, 0.4) is 0 Å². The molecule has 0 atom stereocenters. The number of hydrogen-bond acceptors (Lipinski definition) is 3. The van der Waals surface area contributed by atoms with E-state index in [0.29, 0.717) is 5.69 Å². The molecule has 2 heterocycles. The van der Waals surface area contributed by atoms with E-state index in [2.05, 4.69) is 15.2 Å². The Morgan fingerprint density at radius 2 is 2.22 bits per heavy atom. The molecule has 1 amide bonds. The fourth-order valence-corrected chi connectivity index (χ4v) is 2.18. The highest BCUT2D eigenvalue weighted by Gasteiger charge is 2.19. The predicted octanol–water partition coefficient (Wildman–Crippen LogP) is 1.63. The molecule has 1 aliphatic heterocycles. The van der Waals surface area contributed by atoms with Crippen LogP contribution in [-0.4, -0.2) is 37.7 Å². The number of carbonyl (C=O) groups is 1. The van der Waals surface area contributed by atoms with Gasteiger partial charge in [0.05, 0.1) is 18.6 Å². The molecule has 0 unspecified atom stereocenters. The first-order valence-electron chi connectivity index (χ1n) is 6.23. The lowest BCUT2D eigenvalue weighted by molar-refractivity contribution is 0.0958. The van der Waals surface area contributed by atoms with E-state index in [1.807, 2.05) is 6.07 Å². The second kappa shape index (κ2) is 5.80. The second-order valence-electron chi connectivity index (χ2n) is 4.57. The van der Waals surface area contributed by atoms with Crippen molar-refractivity contribution in [1.29, 1.82) is 0 Å². The molecule has 5 heteroatoms. The first-order valence-corrected chi connectivity index (χ1v) is 6.23. The number of alkyl halides is 1. The van der Waals surface area contributed by atoms with Crippen molar-refractivity contribution in [3.63, 3.8) is 0 Å². The van der Waals surface area contributed by atoms with Gasteiger partial charge in [0.25, 0.3) is 5.91 Å². The van der Waals surface area contributed by atoms with Crippen LogP contribution in [0, 0.1) is 5.92 Å². The zero-order valence-corrected chi connectivity index (χ0v) is 10.5. The lowest BCUT2D eigenvalue weighted by Crippen LogP contribution is -2.34. The van der Waals surface area contributed by atoms with Gasteiger partial charge in [-0.3, -0.25) is 9.18 Å². The molecular weight excluding hydrogens is 233 g/mol. The zero-order valence-electron chi connectivity index (χ0n) is 10.5. The molecule has 0 saturated carbocycles. The van der Waals surface area contributed by atoms with E-state index in [9.17, 15) is 9.18 Å². The van der Waals surface area contributed by atoms with Gasteiger partial charge < -0.3 is 10.2 Å². The van der Waals surface area contributed by atoms with Crippen LogP contribution in [0.1, 0.15) is 23.3 Å². The molecule has 4 nitrogen and oxygen atoms in total. The topological polar surface area (TPSA) is 45.2 Å². The Kier molecular flexibility index (Phi) is 4.12. The van der Waals surface area contributed by atoms with E-state index in [1.165, 1.54) is 0 Å². The third kappa shape index (κ3) is 2.78. The minimum atomic E-state index is -0.221. The number of anilines is 1. The maximum Gasteiger partial charge on any atom is 0.269 e. The molecule has 0 radical (unpaired) electrons. The van der Waals surface area contributed by atoms with E-state index < -0.39 is 0 Å². The summed E-state index contributed by atoms with van der Waals surface area (Å²) in [5.41, 5.74) is 1.42. The van der Waals surface area contributed by atoms with Gasteiger partial charge in [0.15, 0.2) is 0 Å². The number of carbonyl (C=O) groups excluding carboxylic acids is 1. The van der Waals surface area contributed by atoms with Crippen LogP contribution in [0.2, 0.25) is 0 Å². The third-order valence-electron chi connectivity index (χ3n) is 3.41. The smallest absolute Gasteiger partial charge is 0.269 e. The Bertz CT molecular complexity index is 399. The van der Waals surface area contributed by atoms with E-state index in [1.54, 1.807) is 19.3 Å². The first kappa shape index (κ1) is 12.8. The minimum absolute atomic E-state index is 0.183. The van der Waals surface area contributed by atoms with Gasteiger partial charge in [-0.05, 0) is 30.9 Å². The molecule has 0 aromatic carbocycles. The molecule has 98 valence electrons. The number of piperidine rings is 1. The largest absolute Gasteiger partial charge is 0.370 e. The van der Waals surface area contributed by atoms with E-state index in [0.717, 1.165) is 31.6 Å². The third-order valence-corrected chi connectivity index (χ3v) is 3.41. The summed E-state index contributed by atoms with van der Waals surface area (Å²) < 4.78 is 12.5. The molecular formula is C13H18FN3O. The van der Waals surface area contributed by atoms with E-state index >= 15 is 0 Å². The lowest BCUT2D eigenvalue weighted by Gasteiger charge is -2.32. The quantitative estimate of drug-likeness (QED) is 0.888. The summed E-state index contributed by atoms with van der Waals surface area (Å²) in [6.07, 6.45) is 3.47. The van der Waals surface area contributed by atoms with Gasteiger partial charge in [-0.1, -0.05) is 0 Å². The minimum Gasteiger partial charge on any atom is -0.370 e. The highest BCUT2D eigenvalue weighted by Crippen LogP contribution is 2.22. The van der Waals surface area contributed by atoms with Crippen molar-refractivity contribution in [3.05, 3.63) is 24.0 Å². The number of halogens is 1. The van der Waals surface area contributed by atoms with Crippen molar-refractivity contribution in [2.24, 2.45) is 5.92 Å². The monoisotopic (exact) mass is 251 g/mol. The number of rotatable bonds is 3. The Balaban J connectivity index is 2.00. The number of nitrogens with one attached hydrogen (secondary N) is 1. The highest BCUT2D eigenvalue weighted by atomic mass is 19.1. The second-order valence-corrected chi connectivity index (χ2v) is 4.57. The first-order chi connectivity index (χ1) is 8.74. The molecule has 0 bridgehead atoms. The van der Waals surface area contributed by atoms with Crippen LogP contribution in [0.4, 0.5) is 10.1 Å². The van der Waals surface area contributed by atoms with Gasteiger partial charge in [0.1, 0.15) is 5.69 Å². The van der Waals surface area contributed by atoms with Gasteiger partial charge in [0, 0.05) is 20.1 Å². The lowest BCUT2D eigenvalue weighted by atomic mass is 9.98. The highest BCUT2D eigenvalue weighted by molar-refractivity contribution is 5.92. The Morgan fingerprint density at radius 1 is 1.50 bits per heavy atom. The Hall–Kier alpha value is -1.65. The summed E-state index contributed by atoms with van der Waals surface area (Å²) in [6.45, 7) is 1.49. The van der Waals surface area contributed by atoms with Gasteiger partial charge in [-0.15, -0.1) is 0 Å². The molecule has 1 aromatic rings. The molecule has 1 saturated heterocycles. The van der Waals surface area contributed by atoms with Gasteiger partial charge >= 0.3 is 0 Å². The molecule has 1 aromatic heterocycles. The maximum atomic E-state index is 12.5. The number of nitrogens with zero attached hydrogens (tertiary/aromatic N) is 2. The normalized spacial score (nSPS) is 16.7. The number of aromatic nitrogens is 1. The van der Waals surface area contributed by atoms with Crippen LogP contribution in [0.25, 0.3) is 0 Å². The number of hydrogen-bond donors (Lipinski definition) is 1. The summed E-state index contributed by atoms with van der Waals surface area (Å²) in [7, 11) is 1.58. The number of pyridine rings is 1. The molecule has 1 fully saturated rings. The standard InChI is InChI=1S/C13H18FN3O/c1-15-13(18)12-3-2-11(9-16-12)17-6-4-10(8-14)5-7-17/h2-3,9-10H,4-8H2,1H3,(H,15,18). The SMILES string of the molecule is CNC(=O)c1ccc(N2CCC(CF)CC2)cn1. The van der Waals surface area contributed by atoms with Crippen molar-refractivity contribution >= 4 is 11.6 Å². The Labute approximate surface area is 106 Å². The number of amides is 1. The van der Waals surface area contributed by atoms with Crippen LogP contribution >= 0.6 is 0 Å². The van der Waals surface area contributed by atoms with Crippen molar-refractivity contribution in [2.45, 2.75) is 12.8 Å². The summed E-state index contributed by atoms with van der Waals surface area (Å²) in [6, 6.07) is 3.61. The van der Waals surface area contributed by atoms with Crippen LogP contribution in [-0.2, 0) is 0 Å². The summed E-state index contributed by atoms with van der Waals surface area (Å²) >= 11 is 0. The van der Waals surface area contributed by atoms with E-state index in [4.69, 9.17) is 0 Å². The predicted molar refractivity (Wildman–Crippen MR) is 68.5 cm³/mol. The summed E-state index contributed by atoms with van der Waals surface area (Å²) in [5, 5.41) is 2.54. The van der Waals surface area contributed by atoms with Crippen molar-refractivity contribution in [2.75, 3.05) is 31.7 Å². The van der Waals surface area contributed by atoms with Crippen molar-refractivity contribution in [1.82, 2.24) is 10.3 Å². The van der Waals surface area contributed by atoms with Gasteiger partial charge in [0.2, 0.25) is 0 Å². The summed E-state index contributed by atoms with van der Waals surface area (Å²) in [5.74, 6) is 0.0250. The zero-order chi connectivity index (χ0) is 13.0. The average Bonchev–Trinajstić information content (AvgIpc) is 2.47. The van der Waals surface area contributed by atoms with Gasteiger partial charge in [-0.25, -0.2) is 4.98 Å². The van der Waals surface area contributed by atoms with Crippen molar-refractivity contribution in [3.8, 4) is 0 Å². The molecule has 2 rings (SSSR count). The molecule has 0 spiro atoms. The maximum absolute atomic E-state index is 12.5. The van der Waals surface area contributed by atoms with E-state index in [-0.39, 0.29) is 18.5 Å². The fraction of sp³-hybridized carbons (Fsp3) is 0.538. The van der Waals surface area contributed by atoms with Crippen LogP contribution < -0.4 is 10.2 Å². The molecule has 18 heavy (non-hydrogen) atoms. The molecule has 0 aliphatic carbocycles. The molecule has 1 aliphatic rings. The molecule has 1 N–H and O–H groups in total. The summed E-state index contributed by atoms with van der Waals surface area (Å²) in [4.78, 5) is 17.7. The van der Waals surface area contributed by atoms with Crippen molar-refractivity contribution < 1.29 is 9.18 Å². The fourth-order valence-electron chi connectivity index (χ4n) is 2.18. The van der Waals surface area contributed by atoms with Crippen LogP contribution in [0.15, 0.2) is 18.3 Å². The van der Waals surface area contributed by atoms with Gasteiger partial charge in [-0.2, -0.15) is 0 Å².